The van der Waals surface area contributed by atoms with Crippen LogP contribution in [0, 0.1) is 49.4 Å². The Kier molecular flexibility index (Phi) is 17.5. The summed E-state index contributed by atoms with van der Waals surface area (Å²) in [5.41, 5.74) is 4.07. The lowest BCUT2D eigenvalue weighted by Crippen LogP contribution is -2.29. The number of rotatable bonds is 15. The molecule has 6 N–H and O–H groups in total. The molecule has 3 saturated heterocycles. The van der Waals surface area contributed by atoms with Crippen molar-refractivity contribution in [2.75, 3.05) is 58.9 Å². The maximum absolute atomic E-state index is 10.4. The van der Waals surface area contributed by atoms with Crippen LogP contribution in [0.1, 0.15) is 85.2 Å². The lowest BCUT2D eigenvalue weighted by atomic mass is 10.0. The number of aryl methyl sites for hydroxylation is 2. The van der Waals surface area contributed by atoms with Crippen molar-refractivity contribution < 1.29 is 44.8 Å². The van der Waals surface area contributed by atoms with E-state index in [0.29, 0.717) is 72.6 Å². The molecular formula is C61H75N7O9. The van der Waals surface area contributed by atoms with Crippen molar-refractivity contribution in [1.82, 2.24) is 34.6 Å². The van der Waals surface area contributed by atoms with Crippen molar-refractivity contribution in [3.05, 3.63) is 156 Å². The first-order chi connectivity index (χ1) is 37.3. The molecule has 77 heavy (non-hydrogen) atoms. The van der Waals surface area contributed by atoms with Crippen molar-refractivity contribution in [2.45, 2.75) is 89.0 Å². The maximum atomic E-state index is 10.4. The number of likely N-dealkylation sites (tertiary alicyclic amines) is 3. The predicted molar refractivity (Wildman–Crippen MR) is 290 cm³/mol. The maximum Gasteiger partial charge on any atom is 0.138 e. The summed E-state index contributed by atoms with van der Waals surface area (Å²) in [7, 11) is 0. The van der Waals surface area contributed by atoms with Gasteiger partial charge in [-0.3, -0.25) is 34.6 Å². The van der Waals surface area contributed by atoms with Gasteiger partial charge in [0.25, 0.3) is 0 Å². The van der Waals surface area contributed by atoms with Crippen LogP contribution in [0.2, 0.25) is 0 Å². The van der Waals surface area contributed by atoms with E-state index in [0.717, 1.165) is 112 Å². The van der Waals surface area contributed by atoms with E-state index in [2.05, 4.69) is 34.6 Å². The van der Waals surface area contributed by atoms with Crippen molar-refractivity contribution in [3.63, 3.8) is 0 Å². The van der Waals surface area contributed by atoms with E-state index in [-0.39, 0.29) is 29.5 Å². The van der Waals surface area contributed by atoms with Gasteiger partial charge in [0.1, 0.15) is 46.7 Å². The topological polar surface area (TPSA) is 210 Å². The fraction of sp³-hybridized carbons (Fsp3) is 0.475. The van der Waals surface area contributed by atoms with Crippen LogP contribution >= 0.6 is 0 Å². The normalized spacial score (nSPS) is 26.8. The third-order valence-electron chi connectivity index (χ3n) is 16.6. The zero-order chi connectivity index (χ0) is 53.4. The number of aromatic nitrogens is 4. The first-order valence-electron chi connectivity index (χ1n) is 27.5. The number of aromatic hydroxyl groups is 3. The summed E-state index contributed by atoms with van der Waals surface area (Å²) in [5.74, 6) is 6.97. The van der Waals surface area contributed by atoms with E-state index >= 15 is 0 Å². The highest BCUT2D eigenvalue weighted by molar-refractivity contribution is 5.28. The quantitative estimate of drug-likeness (QED) is 0.0579. The molecule has 2 aromatic carbocycles. The Hall–Kier alpha value is -6.40. The van der Waals surface area contributed by atoms with Crippen LogP contribution in [0.4, 0.5) is 0 Å². The summed E-state index contributed by atoms with van der Waals surface area (Å²) < 4.78 is 18.3. The van der Waals surface area contributed by atoms with Crippen molar-refractivity contribution in [2.24, 2.45) is 35.5 Å². The standard InChI is InChI=1S/C21H26N2O3.C20H25N3O3.C20H24N2O3/c1-14-2-7-19(10-22-14)26-20-8-16-11-23(12-17(16)9-20)13-21(25)15-3-5-18(24)6-4-15;1-13-2-4-17(9-21-13)26-18-6-14-10-23(11-15(14)7-18)12-20(25)19-5-3-16(24)8-22-19;23-16-6-7-19(21-10-16)20(24)13-22-11-14-8-18(9-15(14)12-22)25-17-4-2-1-3-5-17/h2-7,10,16-17,20-21,24-25H,8-9,11-13H2,1H3;2-5,8-9,14-15,18,20,24-25H,6-7,10-12H2,1H3;1-7,10,14-15,18,20,23-24H,8-9,11-13H2/t16-,17+,20?,21?;2*14-,15+,18?,20?. The number of aliphatic hydroxyl groups excluding tert-OH is 3. The smallest absolute Gasteiger partial charge is 0.138 e. The molecule has 0 bridgehead atoms. The Labute approximate surface area is 452 Å². The summed E-state index contributed by atoms with van der Waals surface area (Å²) in [6, 6.07) is 31.3. The molecule has 6 aliphatic rings. The van der Waals surface area contributed by atoms with Gasteiger partial charge in [-0.15, -0.1) is 0 Å². The first kappa shape index (κ1) is 54.0. The van der Waals surface area contributed by atoms with Crippen LogP contribution in [-0.2, 0) is 0 Å². The highest BCUT2D eigenvalue weighted by atomic mass is 16.5. The zero-order valence-electron chi connectivity index (χ0n) is 44.2. The minimum absolute atomic E-state index is 0.117. The summed E-state index contributed by atoms with van der Waals surface area (Å²) in [5, 5.41) is 59.2. The SMILES string of the molecule is Cc1ccc(OC2C[C@@H]3CN(CC(O)c4ccc(O)cc4)C[C@@H]3C2)cn1.Cc1ccc(OC2C[C@@H]3CN(CC(O)c4ccc(O)cn4)C[C@@H]3C2)cn1.Oc1ccc(C(O)CN2C[C@H]3CC(Oc4ccccc4)C[C@H]3C2)nc1. The Morgan fingerprint density at radius 1 is 0.403 bits per heavy atom. The van der Waals surface area contributed by atoms with Crippen LogP contribution in [0.15, 0.2) is 128 Å². The predicted octanol–water partition coefficient (Wildman–Crippen LogP) is 7.84. The van der Waals surface area contributed by atoms with Crippen molar-refractivity contribution in [3.8, 4) is 34.5 Å². The summed E-state index contributed by atoms with van der Waals surface area (Å²) in [6.45, 7) is 11.8. The van der Waals surface area contributed by atoms with Gasteiger partial charge in [-0.25, -0.2) is 0 Å². The molecule has 12 rings (SSSR count). The average Bonchev–Trinajstić information content (AvgIpc) is 4.28. The molecule has 408 valence electrons. The van der Waals surface area contributed by atoms with E-state index < -0.39 is 18.3 Å². The fourth-order valence-electron chi connectivity index (χ4n) is 12.8. The summed E-state index contributed by atoms with van der Waals surface area (Å²) in [4.78, 5) is 23.8. The number of pyridine rings is 4. The number of β-amino-alcohol motifs (C(OH)–C–C–N with tert-alkyl or cyclic N) is 3. The van der Waals surface area contributed by atoms with Gasteiger partial charge < -0.3 is 44.8 Å². The molecule has 16 heteroatoms. The average molecular weight is 1050 g/mol. The van der Waals surface area contributed by atoms with Gasteiger partial charge in [0.05, 0.1) is 60.6 Å². The summed E-state index contributed by atoms with van der Waals surface area (Å²) in [6.07, 6.45) is 11.9. The molecule has 0 radical (unpaired) electrons. The number of benzene rings is 2. The first-order valence-corrected chi connectivity index (χ1v) is 27.5. The molecule has 16 nitrogen and oxygen atoms in total. The van der Waals surface area contributed by atoms with Gasteiger partial charge in [0, 0.05) is 70.3 Å². The number of phenols is 1. The second-order valence-corrected chi connectivity index (χ2v) is 22.5. The molecule has 7 heterocycles. The number of hydrogen-bond donors (Lipinski definition) is 6. The van der Waals surface area contributed by atoms with Gasteiger partial charge in [-0.05, 0) is 166 Å². The van der Waals surface area contributed by atoms with Crippen LogP contribution in [0.5, 0.6) is 34.5 Å². The second-order valence-electron chi connectivity index (χ2n) is 22.5. The Bertz CT molecular complexity index is 2590. The number of phenolic OH excluding ortho intramolecular Hbond substituents is 1. The highest BCUT2D eigenvalue weighted by Gasteiger charge is 2.44. The Balaban J connectivity index is 0.000000131. The Morgan fingerprint density at radius 3 is 1.12 bits per heavy atom. The second kappa shape index (κ2) is 24.9. The van der Waals surface area contributed by atoms with Crippen LogP contribution in [0.25, 0.3) is 0 Å². The van der Waals surface area contributed by atoms with Gasteiger partial charge in [0.2, 0.25) is 0 Å². The Morgan fingerprint density at radius 2 is 0.766 bits per heavy atom. The third kappa shape index (κ3) is 14.6. The largest absolute Gasteiger partial charge is 0.508 e. The van der Waals surface area contributed by atoms with Crippen LogP contribution in [0.3, 0.4) is 0 Å². The summed E-state index contributed by atoms with van der Waals surface area (Å²) >= 11 is 0. The van der Waals surface area contributed by atoms with Crippen molar-refractivity contribution in [1.29, 1.82) is 0 Å². The lowest BCUT2D eigenvalue weighted by molar-refractivity contribution is 0.112. The monoisotopic (exact) mass is 1050 g/mol. The molecule has 3 saturated carbocycles. The van der Waals surface area contributed by atoms with E-state index in [4.69, 9.17) is 14.2 Å². The third-order valence-corrected chi connectivity index (χ3v) is 16.6. The number of aliphatic hydroxyl groups is 3. The highest BCUT2D eigenvalue weighted by Crippen LogP contribution is 2.43. The minimum Gasteiger partial charge on any atom is -0.508 e. The zero-order valence-corrected chi connectivity index (χ0v) is 44.2. The number of hydrogen-bond acceptors (Lipinski definition) is 16. The molecule has 0 spiro atoms. The van der Waals surface area contributed by atoms with Gasteiger partial charge in [-0.1, -0.05) is 30.3 Å². The molecule has 6 unspecified atom stereocenters. The van der Waals surface area contributed by atoms with E-state index in [1.54, 1.807) is 54.7 Å². The van der Waals surface area contributed by atoms with E-state index in [1.807, 2.05) is 74.6 Å². The molecule has 0 amide bonds. The molecule has 3 aliphatic carbocycles. The van der Waals surface area contributed by atoms with E-state index in [9.17, 15) is 30.6 Å². The molecule has 12 atom stereocenters. The van der Waals surface area contributed by atoms with Crippen LogP contribution in [-0.4, -0.2) is 142 Å². The van der Waals surface area contributed by atoms with E-state index in [1.165, 1.54) is 12.4 Å². The van der Waals surface area contributed by atoms with Gasteiger partial charge >= 0.3 is 0 Å². The molecular weight excluding hydrogens is 975 g/mol. The minimum atomic E-state index is -0.625. The number of nitrogens with zero attached hydrogens (tertiary/aromatic N) is 7. The molecule has 6 fully saturated rings. The molecule has 6 aromatic rings. The number of fused-ring (bicyclic) bond motifs is 3. The fourth-order valence-corrected chi connectivity index (χ4v) is 12.8. The van der Waals surface area contributed by atoms with Gasteiger partial charge in [0.15, 0.2) is 0 Å². The number of para-hydroxylation sites is 1. The number of ether oxygens (including phenoxy) is 3. The molecule has 4 aromatic heterocycles. The van der Waals surface area contributed by atoms with Crippen molar-refractivity contribution >= 4 is 0 Å². The van der Waals surface area contributed by atoms with Gasteiger partial charge in [-0.2, -0.15) is 0 Å². The molecule has 3 aliphatic heterocycles. The lowest BCUT2D eigenvalue weighted by Gasteiger charge is -2.22. The van der Waals surface area contributed by atoms with Crippen LogP contribution < -0.4 is 14.2 Å².